The predicted octanol–water partition coefficient (Wildman–Crippen LogP) is 3.61. The van der Waals surface area contributed by atoms with Gasteiger partial charge in [0.25, 0.3) is 0 Å². The van der Waals surface area contributed by atoms with Gasteiger partial charge in [-0.15, -0.1) is 0 Å². The smallest absolute Gasteiger partial charge is 0.0756 e. The zero-order valence-corrected chi connectivity index (χ0v) is 12.5. The Hall–Kier alpha value is -0.0800. The summed E-state index contributed by atoms with van der Waals surface area (Å²) in [6, 6.07) is 0.602. The summed E-state index contributed by atoms with van der Waals surface area (Å²) in [5.41, 5.74) is 0. The van der Waals surface area contributed by atoms with Crippen molar-refractivity contribution in [3.63, 3.8) is 0 Å². The fourth-order valence-electron chi connectivity index (χ4n) is 3.92. The van der Waals surface area contributed by atoms with Crippen LogP contribution < -0.4 is 5.32 Å². The van der Waals surface area contributed by atoms with Gasteiger partial charge in [0, 0.05) is 12.6 Å². The Morgan fingerprint density at radius 2 is 1.83 bits per heavy atom. The summed E-state index contributed by atoms with van der Waals surface area (Å²) in [4.78, 5) is 0. The molecule has 2 rings (SSSR count). The lowest BCUT2D eigenvalue weighted by molar-refractivity contribution is 0.0302. The van der Waals surface area contributed by atoms with Crippen molar-refractivity contribution in [2.24, 2.45) is 17.8 Å². The van der Waals surface area contributed by atoms with Gasteiger partial charge < -0.3 is 10.1 Å². The number of ether oxygens (including phenoxy) is 1. The molecule has 3 atom stereocenters. The quantitative estimate of drug-likeness (QED) is 0.808. The van der Waals surface area contributed by atoms with Crippen molar-refractivity contribution >= 4 is 0 Å². The van der Waals surface area contributed by atoms with Crippen LogP contribution in [-0.4, -0.2) is 25.3 Å². The lowest BCUT2D eigenvalue weighted by atomic mass is 9.75. The van der Waals surface area contributed by atoms with Crippen LogP contribution in [0, 0.1) is 17.8 Å². The first-order valence-electron chi connectivity index (χ1n) is 8.11. The Kier molecular flexibility index (Phi) is 5.50. The molecule has 0 aromatic heterocycles. The van der Waals surface area contributed by atoms with Crippen molar-refractivity contribution in [1.82, 2.24) is 5.32 Å². The first kappa shape index (κ1) is 14.3. The highest BCUT2D eigenvalue weighted by molar-refractivity contribution is 4.91. The Labute approximate surface area is 113 Å². The molecule has 18 heavy (non-hydrogen) atoms. The number of likely N-dealkylation sites (N-methyl/N-ethyl adjacent to an activating group) is 1. The van der Waals surface area contributed by atoms with Crippen LogP contribution in [0.25, 0.3) is 0 Å². The normalized spacial score (nSPS) is 38.8. The molecular weight excluding hydrogens is 222 g/mol. The molecule has 0 spiro atoms. The largest absolute Gasteiger partial charge is 0.376 e. The highest BCUT2D eigenvalue weighted by Crippen LogP contribution is 2.36. The van der Waals surface area contributed by atoms with Crippen molar-refractivity contribution in [1.29, 1.82) is 0 Å². The van der Waals surface area contributed by atoms with E-state index in [0.29, 0.717) is 12.1 Å². The van der Waals surface area contributed by atoms with Gasteiger partial charge >= 0.3 is 0 Å². The molecule has 3 unspecified atom stereocenters. The van der Waals surface area contributed by atoms with E-state index in [1.807, 2.05) is 0 Å². The minimum atomic E-state index is 0.466. The van der Waals surface area contributed by atoms with Gasteiger partial charge in [-0.25, -0.2) is 0 Å². The zero-order chi connectivity index (χ0) is 13.0. The maximum Gasteiger partial charge on any atom is 0.0756 e. The number of hydrogen-bond acceptors (Lipinski definition) is 2. The molecule has 1 saturated carbocycles. The topological polar surface area (TPSA) is 21.3 Å². The molecule has 0 aromatic rings. The summed E-state index contributed by atoms with van der Waals surface area (Å²) in [5, 5.41) is 3.73. The van der Waals surface area contributed by atoms with Crippen molar-refractivity contribution in [3.05, 3.63) is 0 Å². The van der Waals surface area contributed by atoms with E-state index in [-0.39, 0.29) is 0 Å². The number of hydrogen-bond donors (Lipinski definition) is 1. The standard InChI is InChI=1S/C16H31NO/c1-4-13-6-8-14(9-7-13)15(17-5-2)16-12(3)10-11-18-16/h12-17H,4-11H2,1-3H3. The van der Waals surface area contributed by atoms with Crippen LogP contribution in [0.15, 0.2) is 0 Å². The Balaban J connectivity index is 1.93. The van der Waals surface area contributed by atoms with Gasteiger partial charge in [0.05, 0.1) is 6.10 Å². The average Bonchev–Trinajstić information content (AvgIpc) is 2.82. The number of rotatable bonds is 5. The Morgan fingerprint density at radius 1 is 1.11 bits per heavy atom. The maximum absolute atomic E-state index is 6.02. The van der Waals surface area contributed by atoms with Crippen LogP contribution in [0.5, 0.6) is 0 Å². The molecule has 2 fully saturated rings. The lowest BCUT2D eigenvalue weighted by Gasteiger charge is -2.38. The van der Waals surface area contributed by atoms with Gasteiger partial charge in [0.15, 0.2) is 0 Å². The molecule has 1 saturated heterocycles. The van der Waals surface area contributed by atoms with Crippen LogP contribution in [0.4, 0.5) is 0 Å². The molecule has 0 amide bonds. The van der Waals surface area contributed by atoms with E-state index >= 15 is 0 Å². The van der Waals surface area contributed by atoms with Gasteiger partial charge in [0.1, 0.15) is 0 Å². The van der Waals surface area contributed by atoms with E-state index in [2.05, 4.69) is 26.1 Å². The summed E-state index contributed by atoms with van der Waals surface area (Å²) < 4.78 is 6.02. The average molecular weight is 253 g/mol. The second-order valence-electron chi connectivity index (χ2n) is 6.37. The van der Waals surface area contributed by atoms with E-state index < -0.39 is 0 Å². The molecule has 0 aromatic carbocycles. The fraction of sp³-hybridized carbons (Fsp3) is 1.00. The zero-order valence-electron chi connectivity index (χ0n) is 12.5. The molecule has 1 heterocycles. The van der Waals surface area contributed by atoms with Crippen LogP contribution in [0.1, 0.15) is 59.3 Å². The van der Waals surface area contributed by atoms with Crippen LogP contribution in [0.2, 0.25) is 0 Å². The molecule has 0 radical (unpaired) electrons. The predicted molar refractivity (Wildman–Crippen MR) is 76.7 cm³/mol. The summed E-state index contributed by atoms with van der Waals surface area (Å²) in [5.74, 6) is 2.57. The third-order valence-electron chi connectivity index (χ3n) is 5.21. The summed E-state index contributed by atoms with van der Waals surface area (Å²) in [7, 11) is 0. The second kappa shape index (κ2) is 6.91. The molecule has 0 bridgehead atoms. The van der Waals surface area contributed by atoms with E-state index in [1.165, 1.54) is 38.5 Å². The third-order valence-corrected chi connectivity index (χ3v) is 5.21. The SMILES string of the molecule is CCNC(C1CCC(CC)CC1)C1OCCC1C. The van der Waals surface area contributed by atoms with Gasteiger partial charge in [0.2, 0.25) is 0 Å². The highest BCUT2D eigenvalue weighted by Gasteiger charge is 2.37. The maximum atomic E-state index is 6.02. The molecule has 1 aliphatic heterocycles. The molecular formula is C16H31NO. The van der Waals surface area contributed by atoms with Gasteiger partial charge in [-0.2, -0.15) is 0 Å². The Bertz CT molecular complexity index is 235. The van der Waals surface area contributed by atoms with Gasteiger partial charge in [-0.05, 0) is 43.6 Å². The monoisotopic (exact) mass is 253 g/mol. The number of nitrogens with one attached hydrogen (secondary N) is 1. The van der Waals surface area contributed by atoms with Gasteiger partial charge in [-0.1, -0.05) is 40.0 Å². The molecule has 2 nitrogen and oxygen atoms in total. The van der Waals surface area contributed by atoms with Crippen molar-refractivity contribution in [2.75, 3.05) is 13.2 Å². The van der Waals surface area contributed by atoms with E-state index in [4.69, 9.17) is 4.74 Å². The van der Waals surface area contributed by atoms with Crippen LogP contribution in [-0.2, 0) is 4.74 Å². The molecule has 2 heteroatoms. The minimum absolute atomic E-state index is 0.466. The lowest BCUT2D eigenvalue weighted by Crippen LogP contribution is -2.48. The van der Waals surface area contributed by atoms with Crippen molar-refractivity contribution in [3.8, 4) is 0 Å². The van der Waals surface area contributed by atoms with Gasteiger partial charge in [-0.3, -0.25) is 0 Å². The summed E-state index contributed by atoms with van der Waals surface area (Å²) >= 11 is 0. The minimum Gasteiger partial charge on any atom is -0.376 e. The molecule has 2 aliphatic rings. The highest BCUT2D eigenvalue weighted by atomic mass is 16.5. The van der Waals surface area contributed by atoms with Crippen LogP contribution in [0.3, 0.4) is 0 Å². The van der Waals surface area contributed by atoms with E-state index in [1.54, 1.807) is 0 Å². The van der Waals surface area contributed by atoms with Crippen LogP contribution >= 0.6 is 0 Å². The summed E-state index contributed by atoms with van der Waals surface area (Å²) in [6.07, 6.45) is 8.76. The Morgan fingerprint density at radius 3 is 2.33 bits per heavy atom. The first-order valence-corrected chi connectivity index (χ1v) is 8.11. The third kappa shape index (κ3) is 3.27. The summed E-state index contributed by atoms with van der Waals surface area (Å²) in [6.45, 7) is 8.97. The molecule has 106 valence electrons. The molecule has 1 N–H and O–H groups in total. The van der Waals surface area contributed by atoms with Crippen molar-refractivity contribution in [2.45, 2.75) is 71.4 Å². The van der Waals surface area contributed by atoms with E-state index in [0.717, 1.165) is 30.9 Å². The second-order valence-corrected chi connectivity index (χ2v) is 6.37. The fourth-order valence-corrected chi connectivity index (χ4v) is 3.92. The van der Waals surface area contributed by atoms with Crippen molar-refractivity contribution < 1.29 is 4.74 Å². The first-order chi connectivity index (χ1) is 8.76. The van der Waals surface area contributed by atoms with E-state index in [9.17, 15) is 0 Å². The molecule has 1 aliphatic carbocycles.